The van der Waals surface area contributed by atoms with Crippen LogP contribution in [0.4, 0.5) is 5.82 Å². The standard InChI is InChI=1S/C16H15BrN2O2/c17-12-3-1-11(2-4-12)16-14(21)5-6-15(18-16)19-9-7-13(20)8-10-19/h1-6,21H,7-10H2. The lowest BCUT2D eigenvalue weighted by molar-refractivity contribution is -0.119. The fraction of sp³-hybridized carbons (Fsp3) is 0.250. The molecule has 1 aliphatic rings. The Morgan fingerprint density at radius 3 is 2.38 bits per heavy atom. The lowest BCUT2D eigenvalue weighted by Gasteiger charge is -2.27. The van der Waals surface area contributed by atoms with Gasteiger partial charge in [0.2, 0.25) is 0 Å². The first-order valence-corrected chi connectivity index (χ1v) is 7.65. The molecule has 2 aromatic rings. The Morgan fingerprint density at radius 1 is 1.05 bits per heavy atom. The number of hydrogen-bond acceptors (Lipinski definition) is 4. The lowest BCUT2D eigenvalue weighted by atomic mass is 10.1. The predicted molar refractivity (Wildman–Crippen MR) is 85.5 cm³/mol. The van der Waals surface area contributed by atoms with Crippen molar-refractivity contribution in [1.29, 1.82) is 0 Å². The number of hydrogen-bond donors (Lipinski definition) is 1. The van der Waals surface area contributed by atoms with Crippen molar-refractivity contribution in [3.63, 3.8) is 0 Å². The smallest absolute Gasteiger partial charge is 0.142 e. The lowest BCUT2D eigenvalue weighted by Crippen LogP contribution is -2.34. The van der Waals surface area contributed by atoms with Gasteiger partial charge in [-0.1, -0.05) is 28.1 Å². The second-order valence-corrected chi connectivity index (χ2v) is 5.99. The Morgan fingerprint density at radius 2 is 1.71 bits per heavy atom. The van der Waals surface area contributed by atoms with E-state index in [4.69, 9.17) is 0 Å². The Bertz CT molecular complexity index is 660. The maximum atomic E-state index is 11.3. The third-order valence-corrected chi connectivity index (χ3v) is 4.15. The van der Waals surface area contributed by atoms with E-state index < -0.39 is 0 Å². The number of benzene rings is 1. The van der Waals surface area contributed by atoms with Gasteiger partial charge in [-0.05, 0) is 24.3 Å². The van der Waals surface area contributed by atoms with Gasteiger partial charge in [0, 0.05) is 36.0 Å². The van der Waals surface area contributed by atoms with Gasteiger partial charge in [0.05, 0.1) is 0 Å². The van der Waals surface area contributed by atoms with Crippen LogP contribution in [0, 0.1) is 0 Å². The van der Waals surface area contributed by atoms with E-state index in [2.05, 4.69) is 25.8 Å². The fourth-order valence-corrected chi connectivity index (χ4v) is 2.69. The van der Waals surface area contributed by atoms with Crippen LogP contribution >= 0.6 is 15.9 Å². The number of piperidine rings is 1. The summed E-state index contributed by atoms with van der Waals surface area (Å²) < 4.78 is 0.983. The normalized spacial score (nSPS) is 15.3. The highest BCUT2D eigenvalue weighted by molar-refractivity contribution is 9.10. The molecule has 1 N–H and O–H groups in total. The van der Waals surface area contributed by atoms with E-state index in [1.165, 1.54) is 0 Å². The van der Waals surface area contributed by atoms with Crippen molar-refractivity contribution in [3.8, 4) is 17.0 Å². The molecule has 0 spiro atoms. The Labute approximate surface area is 131 Å². The number of nitrogens with zero attached hydrogens (tertiary/aromatic N) is 2. The molecule has 0 atom stereocenters. The number of aromatic nitrogens is 1. The van der Waals surface area contributed by atoms with Crippen molar-refractivity contribution in [1.82, 2.24) is 4.98 Å². The molecule has 0 aliphatic carbocycles. The minimum atomic E-state index is 0.161. The van der Waals surface area contributed by atoms with Gasteiger partial charge in [-0.2, -0.15) is 0 Å². The summed E-state index contributed by atoms with van der Waals surface area (Å²) in [6, 6.07) is 11.1. The molecule has 4 nitrogen and oxygen atoms in total. The maximum Gasteiger partial charge on any atom is 0.142 e. The molecule has 3 rings (SSSR count). The average molecular weight is 347 g/mol. The SMILES string of the molecule is O=C1CCN(c2ccc(O)c(-c3ccc(Br)cc3)n2)CC1. The van der Waals surface area contributed by atoms with Gasteiger partial charge in [-0.25, -0.2) is 4.98 Å². The van der Waals surface area contributed by atoms with E-state index in [0.717, 1.165) is 15.9 Å². The molecule has 0 saturated carbocycles. The zero-order valence-electron chi connectivity index (χ0n) is 11.4. The van der Waals surface area contributed by atoms with Crippen molar-refractivity contribution in [3.05, 3.63) is 40.9 Å². The van der Waals surface area contributed by atoms with Gasteiger partial charge < -0.3 is 10.0 Å². The van der Waals surface area contributed by atoms with Crippen LogP contribution < -0.4 is 4.90 Å². The third kappa shape index (κ3) is 3.08. The molecule has 0 amide bonds. The van der Waals surface area contributed by atoms with Crippen LogP contribution in [0.5, 0.6) is 5.75 Å². The summed E-state index contributed by atoms with van der Waals surface area (Å²) in [5, 5.41) is 10.1. The highest BCUT2D eigenvalue weighted by Gasteiger charge is 2.18. The molecule has 0 radical (unpaired) electrons. The number of rotatable bonds is 2. The quantitative estimate of drug-likeness (QED) is 0.905. The van der Waals surface area contributed by atoms with Crippen LogP contribution in [0.1, 0.15) is 12.8 Å². The van der Waals surface area contributed by atoms with Crippen LogP contribution in [0.2, 0.25) is 0 Å². The summed E-state index contributed by atoms with van der Waals surface area (Å²) in [4.78, 5) is 18.0. The zero-order chi connectivity index (χ0) is 14.8. The number of Topliss-reactive ketones (excluding diaryl/α,β-unsaturated/α-hetero) is 1. The summed E-state index contributed by atoms with van der Waals surface area (Å²) in [5.41, 5.74) is 1.43. The Kier molecular flexibility index (Phi) is 3.92. The van der Waals surface area contributed by atoms with Crippen LogP contribution in [0.25, 0.3) is 11.3 Å². The van der Waals surface area contributed by atoms with Crippen molar-refractivity contribution < 1.29 is 9.90 Å². The Balaban J connectivity index is 1.92. The van der Waals surface area contributed by atoms with Crippen LogP contribution in [0.3, 0.4) is 0 Å². The largest absolute Gasteiger partial charge is 0.506 e. The van der Waals surface area contributed by atoms with E-state index in [1.807, 2.05) is 24.3 Å². The Hall–Kier alpha value is -1.88. The zero-order valence-corrected chi connectivity index (χ0v) is 13.0. The van der Waals surface area contributed by atoms with Crippen molar-refractivity contribution in [2.45, 2.75) is 12.8 Å². The highest BCUT2D eigenvalue weighted by Crippen LogP contribution is 2.31. The number of anilines is 1. The maximum absolute atomic E-state index is 11.3. The minimum Gasteiger partial charge on any atom is -0.506 e. The molecule has 0 bridgehead atoms. The van der Waals surface area contributed by atoms with E-state index in [-0.39, 0.29) is 5.75 Å². The van der Waals surface area contributed by atoms with Gasteiger partial charge in [0.15, 0.2) is 0 Å². The molecule has 21 heavy (non-hydrogen) atoms. The van der Waals surface area contributed by atoms with Crippen LogP contribution in [-0.2, 0) is 4.79 Å². The number of carbonyl (C=O) groups is 1. The molecule has 1 fully saturated rings. The number of pyridine rings is 1. The number of halogens is 1. The first-order valence-electron chi connectivity index (χ1n) is 6.86. The van der Waals surface area contributed by atoms with Crippen molar-refractivity contribution >= 4 is 27.5 Å². The fourth-order valence-electron chi connectivity index (χ4n) is 2.42. The molecule has 0 unspecified atom stereocenters. The number of carbonyl (C=O) groups excluding carboxylic acids is 1. The summed E-state index contributed by atoms with van der Waals surface area (Å²) in [5.74, 6) is 1.27. The molecule has 5 heteroatoms. The molecule has 1 aliphatic heterocycles. The highest BCUT2D eigenvalue weighted by atomic mass is 79.9. The second kappa shape index (κ2) is 5.85. The monoisotopic (exact) mass is 346 g/mol. The average Bonchev–Trinajstić information content (AvgIpc) is 2.50. The van der Waals surface area contributed by atoms with Crippen molar-refractivity contribution in [2.24, 2.45) is 0 Å². The molecule has 1 aromatic carbocycles. The van der Waals surface area contributed by atoms with Gasteiger partial charge in [0.1, 0.15) is 23.0 Å². The molecule has 1 saturated heterocycles. The summed E-state index contributed by atoms with van der Waals surface area (Å²) in [7, 11) is 0. The number of ketones is 1. The second-order valence-electron chi connectivity index (χ2n) is 5.07. The third-order valence-electron chi connectivity index (χ3n) is 3.62. The molecule has 108 valence electrons. The van der Waals surface area contributed by atoms with Crippen LogP contribution in [0.15, 0.2) is 40.9 Å². The van der Waals surface area contributed by atoms with Gasteiger partial charge in [-0.15, -0.1) is 0 Å². The van der Waals surface area contributed by atoms with Gasteiger partial charge in [-0.3, -0.25) is 4.79 Å². The first-order chi connectivity index (χ1) is 10.1. The van der Waals surface area contributed by atoms with Gasteiger partial charge in [0.25, 0.3) is 0 Å². The summed E-state index contributed by atoms with van der Waals surface area (Å²) in [6.07, 6.45) is 1.13. The molecule has 2 heterocycles. The van der Waals surface area contributed by atoms with E-state index >= 15 is 0 Å². The summed E-state index contributed by atoms with van der Waals surface area (Å²) in [6.45, 7) is 1.38. The first kappa shape index (κ1) is 14.1. The predicted octanol–water partition coefficient (Wildman–Crippen LogP) is 3.39. The summed E-state index contributed by atoms with van der Waals surface area (Å²) >= 11 is 3.40. The van der Waals surface area contributed by atoms with Crippen molar-refractivity contribution in [2.75, 3.05) is 18.0 Å². The molecular weight excluding hydrogens is 332 g/mol. The van der Waals surface area contributed by atoms with E-state index in [9.17, 15) is 9.90 Å². The molecule has 1 aromatic heterocycles. The topological polar surface area (TPSA) is 53.4 Å². The van der Waals surface area contributed by atoms with Gasteiger partial charge >= 0.3 is 0 Å². The van der Waals surface area contributed by atoms with E-state index in [1.54, 1.807) is 12.1 Å². The molecular formula is C16H15BrN2O2. The minimum absolute atomic E-state index is 0.161. The number of aromatic hydroxyl groups is 1. The van der Waals surface area contributed by atoms with E-state index in [0.29, 0.717) is 37.4 Å². The van der Waals surface area contributed by atoms with Crippen LogP contribution in [-0.4, -0.2) is 29.0 Å².